The SMILES string of the molecule is CCOC(=O)CC(NC(=O)CNC(=O)c1ccsc1)c1ccc(F)cc1. The number of hydrogen-bond donors (Lipinski definition) is 2. The summed E-state index contributed by atoms with van der Waals surface area (Å²) in [5.74, 6) is -1.72. The molecular weight excluding hydrogens is 359 g/mol. The van der Waals surface area contributed by atoms with E-state index in [1.807, 2.05) is 0 Å². The highest BCUT2D eigenvalue weighted by molar-refractivity contribution is 7.08. The van der Waals surface area contributed by atoms with Gasteiger partial charge in [-0.15, -0.1) is 0 Å². The molecule has 0 aliphatic heterocycles. The van der Waals surface area contributed by atoms with Gasteiger partial charge in [0.2, 0.25) is 5.91 Å². The van der Waals surface area contributed by atoms with Crippen molar-refractivity contribution in [2.45, 2.75) is 19.4 Å². The van der Waals surface area contributed by atoms with Gasteiger partial charge in [-0.3, -0.25) is 14.4 Å². The normalized spacial score (nSPS) is 11.5. The lowest BCUT2D eigenvalue weighted by atomic mass is 10.0. The van der Waals surface area contributed by atoms with E-state index in [1.54, 1.807) is 23.8 Å². The molecule has 0 bridgehead atoms. The summed E-state index contributed by atoms with van der Waals surface area (Å²) in [4.78, 5) is 35.8. The number of nitrogens with one attached hydrogen (secondary N) is 2. The van der Waals surface area contributed by atoms with Crippen molar-refractivity contribution in [2.24, 2.45) is 0 Å². The highest BCUT2D eigenvalue weighted by Crippen LogP contribution is 2.18. The lowest BCUT2D eigenvalue weighted by Gasteiger charge is -2.18. The summed E-state index contributed by atoms with van der Waals surface area (Å²) in [6.07, 6.45) is -0.0936. The van der Waals surface area contributed by atoms with Crippen LogP contribution < -0.4 is 10.6 Å². The van der Waals surface area contributed by atoms with Crippen molar-refractivity contribution in [3.05, 3.63) is 58.0 Å². The Bertz CT molecular complexity index is 747. The highest BCUT2D eigenvalue weighted by atomic mass is 32.1. The van der Waals surface area contributed by atoms with Crippen LogP contribution in [0.5, 0.6) is 0 Å². The molecule has 6 nitrogen and oxygen atoms in total. The lowest BCUT2D eigenvalue weighted by Crippen LogP contribution is -2.39. The first kappa shape index (κ1) is 19.6. The minimum atomic E-state index is -0.680. The van der Waals surface area contributed by atoms with Crippen molar-refractivity contribution in [1.29, 1.82) is 0 Å². The average molecular weight is 378 g/mol. The maximum absolute atomic E-state index is 13.1. The Labute approximate surface area is 154 Å². The van der Waals surface area contributed by atoms with Gasteiger partial charge in [0.1, 0.15) is 5.82 Å². The van der Waals surface area contributed by atoms with Gasteiger partial charge in [-0.25, -0.2) is 4.39 Å². The van der Waals surface area contributed by atoms with Gasteiger partial charge in [-0.1, -0.05) is 12.1 Å². The van der Waals surface area contributed by atoms with Gasteiger partial charge in [0.05, 0.1) is 25.6 Å². The summed E-state index contributed by atoms with van der Waals surface area (Å²) in [6.45, 7) is 1.66. The zero-order chi connectivity index (χ0) is 18.9. The molecule has 8 heteroatoms. The van der Waals surface area contributed by atoms with Crippen LogP contribution in [0.4, 0.5) is 4.39 Å². The Kier molecular flexibility index (Phi) is 7.28. The minimum absolute atomic E-state index is 0.0936. The quantitative estimate of drug-likeness (QED) is 0.691. The number of thiophene rings is 1. The predicted molar refractivity (Wildman–Crippen MR) is 95.2 cm³/mol. The Hall–Kier alpha value is -2.74. The van der Waals surface area contributed by atoms with E-state index in [-0.39, 0.29) is 25.5 Å². The Morgan fingerprint density at radius 1 is 1.19 bits per heavy atom. The van der Waals surface area contributed by atoms with Crippen molar-refractivity contribution >= 4 is 29.1 Å². The van der Waals surface area contributed by atoms with Crippen LogP contribution in [0.25, 0.3) is 0 Å². The third-order valence-corrected chi connectivity index (χ3v) is 4.16. The molecule has 1 heterocycles. The summed E-state index contributed by atoms with van der Waals surface area (Å²) in [6, 6.07) is 6.45. The zero-order valence-corrected chi connectivity index (χ0v) is 15.0. The van der Waals surface area contributed by atoms with Gasteiger partial charge >= 0.3 is 5.97 Å². The number of hydrogen-bond acceptors (Lipinski definition) is 5. The second-order valence-corrected chi connectivity index (χ2v) is 6.16. The standard InChI is InChI=1S/C18H19FN2O4S/c1-2-25-17(23)9-15(12-3-5-14(19)6-4-12)21-16(22)10-20-18(24)13-7-8-26-11-13/h3-8,11,15H,2,9-10H2,1H3,(H,20,24)(H,21,22). The van der Waals surface area contributed by atoms with Crippen LogP contribution in [0.2, 0.25) is 0 Å². The molecule has 26 heavy (non-hydrogen) atoms. The van der Waals surface area contributed by atoms with Crippen LogP contribution in [-0.4, -0.2) is 30.9 Å². The van der Waals surface area contributed by atoms with Crippen molar-refractivity contribution in [3.63, 3.8) is 0 Å². The van der Waals surface area contributed by atoms with Gasteiger partial charge in [0.25, 0.3) is 5.91 Å². The molecule has 1 aromatic heterocycles. The molecule has 0 aliphatic carbocycles. The van der Waals surface area contributed by atoms with Crippen LogP contribution in [0.1, 0.15) is 35.3 Å². The number of rotatable bonds is 8. The molecular formula is C18H19FN2O4S. The largest absolute Gasteiger partial charge is 0.466 e. The summed E-state index contributed by atoms with van der Waals surface area (Å²) >= 11 is 1.38. The van der Waals surface area contributed by atoms with Crippen LogP contribution in [0.3, 0.4) is 0 Å². The first-order chi connectivity index (χ1) is 12.5. The molecule has 0 saturated heterocycles. The second-order valence-electron chi connectivity index (χ2n) is 5.38. The lowest BCUT2D eigenvalue weighted by molar-refractivity contribution is -0.143. The fraction of sp³-hybridized carbons (Fsp3) is 0.278. The molecule has 0 spiro atoms. The Balaban J connectivity index is 1.98. The van der Waals surface area contributed by atoms with Gasteiger partial charge in [-0.05, 0) is 36.1 Å². The molecule has 2 aromatic rings. The number of carbonyl (C=O) groups is 3. The minimum Gasteiger partial charge on any atom is -0.466 e. The van der Waals surface area contributed by atoms with Crippen LogP contribution >= 0.6 is 11.3 Å². The Morgan fingerprint density at radius 3 is 2.54 bits per heavy atom. The van der Waals surface area contributed by atoms with E-state index in [1.165, 1.54) is 35.6 Å². The topological polar surface area (TPSA) is 84.5 Å². The predicted octanol–water partition coefficient (Wildman–Crippen LogP) is 2.43. The number of esters is 1. The molecule has 138 valence electrons. The summed E-state index contributed by atoms with van der Waals surface area (Å²) in [7, 11) is 0. The molecule has 1 unspecified atom stereocenters. The summed E-state index contributed by atoms with van der Waals surface area (Å²) < 4.78 is 18.0. The molecule has 2 amide bonds. The third-order valence-electron chi connectivity index (χ3n) is 3.48. The van der Waals surface area contributed by atoms with Crippen LogP contribution in [0, 0.1) is 5.82 Å². The number of benzene rings is 1. The van der Waals surface area contributed by atoms with Crippen molar-refractivity contribution < 1.29 is 23.5 Å². The monoisotopic (exact) mass is 378 g/mol. The summed E-state index contributed by atoms with van der Waals surface area (Å²) in [5.41, 5.74) is 1.04. The van der Waals surface area contributed by atoms with Gasteiger partial charge < -0.3 is 15.4 Å². The van der Waals surface area contributed by atoms with Gasteiger partial charge in [-0.2, -0.15) is 11.3 Å². The number of amides is 2. The van der Waals surface area contributed by atoms with Gasteiger partial charge in [0.15, 0.2) is 0 Å². The summed E-state index contributed by atoms with van der Waals surface area (Å²) in [5, 5.41) is 8.62. The smallest absolute Gasteiger partial charge is 0.308 e. The fourth-order valence-corrected chi connectivity index (χ4v) is 2.87. The van der Waals surface area contributed by atoms with E-state index in [0.717, 1.165) is 0 Å². The van der Waals surface area contributed by atoms with Crippen molar-refractivity contribution in [1.82, 2.24) is 10.6 Å². The molecule has 0 radical (unpaired) electrons. The van der Waals surface area contributed by atoms with E-state index in [9.17, 15) is 18.8 Å². The Morgan fingerprint density at radius 2 is 1.92 bits per heavy atom. The molecule has 0 fully saturated rings. The maximum Gasteiger partial charge on any atom is 0.308 e. The van der Waals surface area contributed by atoms with E-state index < -0.39 is 23.7 Å². The number of halogens is 1. The molecule has 1 atom stereocenters. The zero-order valence-electron chi connectivity index (χ0n) is 14.2. The molecule has 1 aromatic carbocycles. The van der Waals surface area contributed by atoms with Crippen LogP contribution in [0.15, 0.2) is 41.1 Å². The van der Waals surface area contributed by atoms with Crippen LogP contribution in [-0.2, 0) is 14.3 Å². The van der Waals surface area contributed by atoms with Crippen molar-refractivity contribution in [2.75, 3.05) is 13.2 Å². The molecule has 0 saturated carbocycles. The van der Waals surface area contributed by atoms with Gasteiger partial charge in [0, 0.05) is 10.9 Å². The number of ether oxygens (including phenoxy) is 1. The first-order valence-corrected chi connectivity index (χ1v) is 8.94. The maximum atomic E-state index is 13.1. The third kappa shape index (κ3) is 5.96. The van der Waals surface area contributed by atoms with E-state index in [0.29, 0.717) is 11.1 Å². The molecule has 0 aliphatic rings. The van der Waals surface area contributed by atoms with E-state index in [2.05, 4.69) is 10.6 Å². The second kappa shape index (κ2) is 9.67. The highest BCUT2D eigenvalue weighted by Gasteiger charge is 2.20. The van der Waals surface area contributed by atoms with Crippen molar-refractivity contribution in [3.8, 4) is 0 Å². The molecule has 2 N–H and O–H groups in total. The first-order valence-electron chi connectivity index (χ1n) is 8.00. The van der Waals surface area contributed by atoms with E-state index in [4.69, 9.17) is 4.74 Å². The number of carbonyl (C=O) groups excluding carboxylic acids is 3. The van der Waals surface area contributed by atoms with E-state index >= 15 is 0 Å². The fourth-order valence-electron chi connectivity index (χ4n) is 2.24. The average Bonchev–Trinajstić information content (AvgIpc) is 3.15. The molecule has 2 rings (SSSR count).